The van der Waals surface area contributed by atoms with Crippen molar-refractivity contribution in [3.8, 4) is 11.3 Å². The first-order valence-electron chi connectivity index (χ1n) is 8.82. The van der Waals surface area contributed by atoms with Crippen molar-refractivity contribution in [2.45, 2.75) is 26.7 Å². The fraction of sp³-hybridized carbons (Fsp3) is 0.200. The number of nitrogens with one attached hydrogen (secondary N) is 1. The van der Waals surface area contributed by atoms with Crippen LogP contribution in [-0.4, -0.2) is 21.0 Å². The average Bonchev–Trinajstić information content (AvgIpc) is 3.30. The van der Waals surface area contributed by atoms with Gasteiger partial charge in [-0.15, -0.1) is 11.3 Å². The van der Waals surface area contributed by atoms with E-state index in [0.717, 1.165) is 29.5 Å². The molecule has 4 rings (SSSR count). The van der Waals surface area contributed by atoms with Gasteiger partial charge >= 0.3 is 0 Å². The van der Waals surface area contributed by atoms with Gasteiger partial charge in [-0.05, 0) is 37.1 Å². The fourth-order valence-corrected chi connectivity index (χ4v) is 3.61. The number of carbonyl (C=O) groups is 1. The van der Waals surface area contributed by atoms with Crippen LogP contribution in [0.3, 0.4) is 0 Å². The highest BCUT2D eigenvalue weighted by molar-refractivity contribution is 7.14. The number of halogens is 2. The van der Waals surface area contributed by atoms with Crippen LogP contribution in [0.2, 0.25) is 0 Å². The molecule has 9 heteroatoms. The maximum absolute atomic E-state index is 14.0. The normalized spacial score (nSPS) is 11.4. The zero-order chi connectivity index (χ0) is 20.7. The lowest BCUT2D eigenvalue weighted by Gasteiger charge is -2.08. The second kappa shape index (κ2) is 7.32. The fourth-order valence-electron chi connectivity index (χ4n) is 2.90. The van der Waals surface area contributed by atoms with Gasteiger partial charge in [-0.3, -0.25) is 10.1 Å². The minimum absolute atomic E-state index is 0.0324. The van der Waals surface area contributed by atoms with Crippen molar-refractivity contribution in [2.24, 2.45) is 0 Å². The van der Waals surface area contributed by atoms with E-state index in [1.807, 2.05) is 13.8 Å². The van der Waals surface area contributed by atoms with Crippen LogP contribution in [-0.2, 0) is 0 Å². The zero-order valence-electron chi connectivity index (χ0n) is 15.8. The molecule has 1 aromatic carbocycles. The number of pyridine rings is 1. The molecule has 0 radical (unpaired) electrons. The summed E-state index contributed by atoms with van der Waals surface area (Å²) in [7, 11) is 0. The summed E-state index contributed by atoms with van der Waals surface area (Å²) < 4.78 is 32.7. The first-order chi connectivity index (χ1) is 13.8. The van der Waals surface area contributed by atoms with Crippen LogP contribution in [0.25, 0.3) is 22.4 Å². The summed E-state index contributed by atoms with van der Waals surface area (Å²) >= 11 is 1.12. The standard InChI is InChI=1S/C20H16F2N4O2S/c1-9(2)15-7-13(17-10(3)26-28-19(17)23-15)18(27)25-20-24-16(8-29-20)12-6-11(21)4-5-14(12)22/h4-9H,1-3H3,(H,24,25,27). The number of hydrogen-bond acceptors (Lipinski definition) is 6. The number of aromatic nitrogens is 3. The first-order valence-corrected chi connectivity index (χ1v) is 9.70. The monoisotopic (exact) mass is 414 g/mol. The van der Waals surface area contributed by atoms with E-state index in [9.17, 15) is 13.6 Å². The molecule has 29 heavy (non-hydrogen) atoms. The highest BCUT2D eigenvalue weighted by atomic mass is 32.1. The van der Waals surface area contributed by atoms with Crippen molar-refractivity contribution in [3.63, 3.8) is 0 Å². The number of carbonyl (C=O) groups excluding carboxylic acids is 1. The van der Waals surface area contributed by atoms with Gasteiger partial charge in [0.1, 0.15) is 11.6 Å². The van der Waals surface area contributed by atoms with Gasteiger partial charge in [0.25, 0.3) is 11.6 Å². The van der Waals surface area contributed by atoms with Crippen LogP contribution in [0.1, 0.15) is 41.5 Å². The largest absolute Gasteiger partial charge is 0.336 e. The third kappa shape index (κ3) is 3.61. The Kier molecular flexibility index (Phi) is 4.83. The molecule has 0 unspecified atom stereocenters. The average molecular weight is 414 g/mol. The summed E-state index contributed by atoms with van der Waals surface area (Å²) in [5, 5.41) is 8.96. The summed E-state index contributed by atoms with van der Waals surface area (Å²) in [6, 6.07) is 4.85. The molecule has 0 bridgehead atoms. The minimum atomic E-state index is -0.591. The highest BCUT2D eigenvalue weighted by Gasteiger charge is 2.21. The molecule has 0 aliphatic rings. The van der Waals surface area contributed by atoms with Gasteiger partial charge in [-0.1, -0.05) is 19.0 Å². The third-order valence-electron chi connectivity index (χ3n) is 4.40. The Morgan fingerprint density at radius 3 is 2.76 bits per heavy atom. The summed E-state index contributed by atoms with van der Waals surface area (Å²) in [6.45, 7) is 5.65. The van der Waals surface area contributed by atoms with E-state index >= 15 is 0 Å². The molecule has 3 heterocycles. The number of fused-ring (bicyclic) bond motifs is 1. The molecule has 1 amide bonds. The summed E-state index contributed by atoms with van der Waals surface area (Å²) in [6.07, 6.45) is 0. The number of hydrogen-bond donors (Lipinski definition) is 1. The van der Waals surface area contributed by atoms with Gasteiger partial charge in [-0.2, -0.15) is 0 Å². The number of benzene rings is 1. The van der Waals surface area contributed by atoms with Crippen molar-refractivity contribution in [1.82, 2.24) is 15.1 Å². The van der Waals surface area contributed by atoms with Crippen molar-refractivity contribution in [2.75, 3.05) is 5.32 Å². The number of aryl methyl sites for hydroxylation is 1. The Labute approximate surface area is 168 Å². The second-order valence-electron chi connectivity index (χ2n) is 6.81. The quantitative estimate of drug-likeness (QED) is 0.490. The molecule has 0 saturated carbocycles. The second-order valence-corrected chi connectivity index (χ2v) is 7.67. The molecular formula is C20H16F2N4O2S. The van der Waals surface area contributed by atoms with E-state index in [2.05, 4.69) is 20.4 Å². The zero-order valence-corrected chi connectivity index (χ0v) is 16.6. The predicted octanol–water partition coefficient (Wildman–Crippen LogP) is 5.31. The molecule has 0 fully saturated rings. The van der Waals surface area contributed by atoms with Crippen molar-refractivity contribution >= 4 is 33.5 Å². The van der Waals surface area contributed by atoms with Crippen LogP contribution >= 0.6 is 11.3 Å². The van der Waals surface area contributed by atoms with Crippen LogP contribution < -0.4 is 5.32 Å². The molecule has 6 nitrogen and oxygen atoms in total. The Hall–Kier alpha value is -3.20. The van der Waals surface area contributed by atoms with Gasteiger partial charge < -0.3 is 4.52 Å². The number of nitrogens with zero attached hydrogens (tertiary/aromatic N) is 3. The Morgan fingerprint density at radius 2 is 2.00 bits per heavy atom. The Morgan fingerprint density at radius 1 is 1.21 bits per heavy atom. The van der Waals surface area contributed by atoms with E-state index in [1.165, 1.54) is 0 Å². The van der Waals surface area contributed by atoms with Crippen molar-refractivity contribution < 1.29 is 18.1 Å². The minimum Gasteiger partial charge on any atom is -0.336 e. The molecule has 0 aliphatic carbocycles. The van der Waals surface area contributed by atoms with Gasteiger partial charge in [0, 0.05) is 16.6 Å². The summed E-state index contributed by atoms with van der Waals surface area (Å²) in [5.74, 6) is -1.49. The van der Waals surface area contributed by atoms with Crippen LogP contribution in [0.15, 0.2) is 34.2 Å². The van der Waals surface area contributed by atoms with Gasteiger partial charge in [-0.25, -0.2) is 18.7 Å². The SMILES string of the molecule is Cc1noc2nc(C(C)C)cc(C(=O)Nc3nc(-c4cc(F)ccc4F)cs3)c12. The molecule has 0 saturated heterocycles. The number of rotatable bonds is 4. The lowest BCUT2D eigenvalue weighted by Crippen LogP contribution is -2.13. The van der Waals surface area contributed by atoms with Crippen molar-refractivity contribution in [3.05, 3.63) is 58.2 Å². The number of amides is 1. The van der Waals surface area contributed by atoms with Gasteiger partial charge in [0.15, 0.2) is 5.13 Å². The maximum atomic E-state index is 14.0. The van der Waals surface area contributed by atoms with Gasteiger partial charge in [0.05, 0.1) is 22.3 Å². The molecule has 0 atom stereocenters. The van der Waals surface area contributed by atoms with Crippen LogP contribution in [0, 0.1) is 18.6 Å². The Balaban J connectivity index is 1.68. The summed E-state index contributed by atoms with van der Waals surface area (Å²) in [4.78, 5) is 21.6. The first kappa shape index (κ1) is 19.1. The lowest BCUT2D eigenvalue weighted by atomic mass is 10.0. The Bertz CT molecular complexity index is 1230. The van der Waals surface area contributed by atoms with Crippen molar-refractivity contribution in [1.29, 1.82) is 0 Å². The van der Waals surface area contributed by atoms with Gasteiger partial charge in [0.2, 0.25) is 0 Å². The maximum Gasteiger partial charge on any atom is 0.259 e. The van der Waals surface area contributed by atoms with E-state index in [1.54, 1.807) is 18.4 Å². The number of thiazole rings is 1. The van der Waals surface area contributed by atoms with E-state index in [-0.39, 0.29) is 22.3 Å². The lowest BCUT2D eigenvalue weighted by molar-refractivity contribution is 0.102. The van der Waals surface area contributed by atoms with E-state index in [0.29, 0.717) is 28.1 Å². The van der Waals surface area contributed by atoms with Crippen LogP contribution in [0.5, 0.6) is 0 Å². The molecule has 1 N–H and O–H groups in total. The molecule has 0 aliphatic heterocycles. The third-order valence-corrected chi connectivity index (χ3v) is 5.16. The molecule has 3 aromatic heterocycles. The van der Waals surface area contributed by atoms with Crippen LogP contribution in [0.4, 0.5) is 13.9 Å². The molecule has 4 aromatic rings. The molecular weight excluding hydrogens is 398 g/mol. The van der Waals surface area contributed by atoms with E-state index in [4.69, 9.17) is 4.52 Å². The predicted molar refractivity (Wildman–Crippen MR) is 106 cm³/mol. The highest BCUT2D eigenvalue weighted by Crippen LogP contribution is 2.29. The topological polar surface area (TPSA) is 80.9 Å². The smallest absolute Gasteiger partial charge is 0.259 e. The number of anilines is 1. The summed E-state index contributed by atoms with van der Waals surface area (Å²) in [5.41, 5.74) is 2.18. The molecule has 148 valence electrons. The molecule has 0 spiro atoms. The van der Waals surface area contributed by atoms with E-state index < -0.39 is 17.5 Å².